The molecule has 0 amide bonds. The van der Waals surface area contributed by atoms with E-state index in [-0.39, 0.29) is 6.10 Å². The van der Waals surface area contributed by atoms with Crippen molar-refractivity contribution < 1.29 is 9.84 Å². The molecule has 0 aliphatic carbocycles. The molecule has 1 aliphatic rings. The third-order valence-electron chi connectivity index (χ3n) is 3.32. The monoisotopic (exact) mass is 230 g/mol. The molecule has 0 radical (unpaired) electrons. The van der Waals surface area contributed by atoms with Gasteiger partial charge in [0.25, 0.3) is 0 Å². The molecule has 1 N–H and O–H groups in total. The van der Waals surface area contributed by atoms with Crippen molar-refractivity contribution in [1.82, 2.24) is 9.80 Å². The molecule has 0 bridgehead atoms. The van der Waals surface area contributed by atoms with Crippen LogP contribution in [0.4, 0.5) is 0 Å². The van der Waals surface area contributed by atoms with Gasteiger partial charge in [-0.05, 0) is 20.4 Å². The minimum absolute atomic E-state index is 0.346. The van der Waals surface area contributed by atoms with Crippen molar-refractivity contribution in [2.45, 2.75) is 32.4 Å². The normalized spacial score (nSPS) is 25.9. The molecule has 1 saturated heterocycles. The number of ether oxygens (including phenoxy) is 1. The van der Waals surface area contributed by atoms with Crippen LogP contribution in [0.1, 0.15) is 20.3 Å². The first-order valence-corrected chi connectivity index (χ1v) is 6.35. The Labute approximate surface area is 99.2 Å². The second-order valence-corrected chi connectivity index (χ2v) is 4.62. The average Bonchev–Trinajstić information content (AvgIpc) is 2.29. The molecule has 96 valence electrons. The first-order valence-electron chi connectivity index (χ1n) is 6.35. The zero-order chi connectivity index (χ0) is 12.0. The maximum atomic E-state index is 9.78. The molecule has 1 rings (SSSR count). The van der Waals surface area contributed by atoms with E-state index in [2.05, 4.69) is 23.8 Å². The summed E-state index contributed by atoms with van der Waals surface area (Å²) < 4.78 is 5.22. The lowest BCUT2D eigenvalue weighted by Crippen LogP contribution is -2.53. The van der Waals surface area contributed by atoms with Gasteiger partial charge in [-0.2, -0.15) is 0 Å². The van der Waals surface area contributed by atoms with Gasteiger partial charge in [0, 0.05) is 38.8 Å². The lowest BCUT2D eigenvalue weighted by atomic mass is 10.1. The molecule has 0 aromatic carbocycles. The molecule has 1 fully saturated rings. The number of aliphatic hydroxyl groups excluding tert-OH is 1. The van der Waals surface area contributed by atoms with Crippen LogP contribution in [0.2, 0.25) is 0 Å². The van der Waals surface area contributed by atoms with Gasteiger partial charge in [0.1, 0.15) is 0 Å². The minimum atomic E-state index is -0.346. The van der Waals surface area contributed by atoms with Crippen LogP contribution < -0.4 is 0 Å². The summed E-state index contributed by atoms with van der Waals surface area (Å²) in [5.41, 5.74) is 0. The van der Waals surface area contributed by atoms with Gasteiger partial charge >= 0.3 is 0 Å². The van der Waals surface area contributed by atoms with Crippen LogP contribution in [0.5, 0.6) is 0 Å². The number of piperazine rings is 1. The Bertz CT molecular complexity index is 190. The van der Waals surface area contributed by atoms with Gasteiger partial charge in [0.05, 0.1) is 12.7 Å². The zero-order valence-corrected chi connectivity index (χ0v) is 10.9. The Balaban J connectivity index is 2.27. The Hall–Kier alpha value is -0.160. The first-order chi connectivity index (χ1) is 7.67. The lowest BCUT2D eigenvalue weighted by molar-refractivity contribution is 0.00314. The predicted molar refractivity (Wildman–Crippen MR) is 65.6 cm³/mol. The zero-order valence-electron chi connectivity index (χ0n) is 10.9. The van der Waals surface area contributed by atoms with Crippen LogP contribution in [-0.2, 0) is 4.74 Å². The Morgan fingerprint density at radius 2 is 2.12 bits per heavy atom. The molecule has 0 aromatic heterocycles. The predicted octanol–water partition coefficient (Wildman–Crippen LogP) is 0.410. The van der Waals surface area contributed by atoms with Crippen LogP contribution in [0.3, 0.4) is 0 Å². The van der Waals surface area contributed by atoms with Crippen molar-refractivity contribution in [2.24, 2.45) is 0 Å². The van der Waals surface area contributed by atoms with Gasteiger partial charge in [-0.15, -0.1) is 0 Å². The van der Waals surface area contributed by atoms with Gasteiger partial charge in [0.2, 0.25) is 0 Å². The number of hydrogen-bond acceptors (Lipinski definition) is 4. The molecular formula is C12H26N2O2. The van der Waals surface area contributed by atoms with Crippen LogP contribution in [-0.4, -0.2) is 73.5 Å². The smallest absolute Gasteiger partial charge is 0.0900 e. The summed E-state index contributed by atoms with van der Waals surface area (Å²) in [6.07, 6.45) is 0.829. The fourth-order valence-electron chi connectivity index (χ4n) is 2.22. The molecule has 4 nitrogen and oxygen atoms in total. The van der Waals surface area contributed by atoms with Gasteiger partial charge in [-0.25, -0.2) is 0 Å². The van der Waals surface area contributed by atoms with E-state index in [4.69, 9.17) is 4.74 Å². The molecule has 2 atom stereocenters. The van der Waals surface area contributed by atoms with Crippen LogP contribution >= 0.6 is 0 Å². The van der Waals surface area contributed by atoms with Gasteiger partial charge < -0.3 is 14.7 Å². The molecule has 16 heavy (non-hydrogen) atoms. The van der Waals surface area contributed by atoms with Crippen LogP contribution in [0, 0.1) is 0 Å². The highest BCUT2D eigenvalue weighted by molar-refractivity contribution is 4.80. The number of rotatable bonds is 6. The summed E-state index contributed by atoms with van der Waals surface area (Å²) in [5, 5.41) is 9.78. The molecule has 1 heterocycles. The summed E-state index contributed by atoms with van der Waals surface area (Å²) in [4.78, 5) is 4.75. The van der Waals surface area contributed by atoms with Crippen molar-refractivity contribution in [3.05, 3.63) is 0 Å². The van der Waals surface area contributed by atoms with E-state index in [9.17, 15) is 5.11 Å². The van der Waals surface area contributed by atoms with Crippen LogP contribution in [0.15, 0.2) is 0 Å². The third-order valence-corrected chi connectivity index (χ3v) is 3.32. The van der Waals surface area contributed by atoms with E-state index in [1.165, 1.54) is 6.42 Å². The molecule has 0 saturated carbocycles. The van der Waals surface area contributed by atoms with Crippen molar-refractivity contribution >= 4 is 0 Å². The number of hydrogen-bond donors (Lipinski definition) is 1. The maximum absolute atomic E-state index is 9.78. The molecular weight excluding hydrogens is 204 g/mol. The average molecular weight is 230 g/mol. The summed E-state index contributed by atoms with van der Waals surface area (Å²) in [5.74, 6) is 0. The van der Waals surface area contributed by atoms with Crippen molar-refractivity contribution in [1.29, 1.82) is 0 Å². The van der Waals surface area contributed by atoms with E-state index >= 15 is 0 Å². The summed E-state index contributed by atoms with van der Waals surface area (Å²) >= 11 is 0. The fraction of sp³-hybridized carbons (Fsp3) is 1.00. The van der Waals surface area contributed by atoms with Crippen LogP contribution in [0.25, 0.3) is 0 Å². The van der Waals surface area contributed by atoms with Gasteiger partial charge in [0.15, 0.2) is 0 Å². The fourth-order valence-corrected chi connectivity index (χ4v) is 2.22. The second-order valence-electron chi connectivity index (χ2n) is 4.62. The highest BCUT2D eigenvalue weighted by Gasteiger charge is 2.23. The van der Waals surface area contributed by atoms with E-state index < -0.39 is 0 Å². The van der Waals surface area contributed by atoms with Crippen molar-refractivity contribution in [2.75, 3.05) is 46.4 Å². The molecule has 0 spiro atoms. The standard InChI is InChI=1S/C12H26N2O2/c1-4-11-8-14(7-6-13(11)3)9-12(15)10-16-5-2/h11-12,15H,4-10H2,1-3H3. The molecule has 1 aliphatic heterocycles. The summed E-state index contributed by atoms with van der Waals surface area (Å²) in [7, 11) is 2.18. The number of nitrogens with zero attached hydrogens (tertiary/aromatic N) is 2. The SMILES string of the molecule is CCOCC(O)CN1CCN(C)C(CC)C1. The van der Waals surface area contributed by atoms with Crippen molar-refractivity contribution in [3.63, 3.8) is 0 Å². The summed E-state index contributed by atoms with van der Waals surface area (Å²) in [6.45, 7) is 9.27. The quantitative estimate of drug-likeness (QED) is 0.717. The topological polar surface area (TPSA) is 35.9 Å². The number of likely N-dealkylation sites (N-methyl/N-ethyl adjacent to an activating group) is 1. The largest absolute Gasteiger partial charge is 0.389 e. The van der Waals surface area contributed by atoms with Gasteiger partial charge in [-0.1, -0.05) is 6.92 Å². The highest BCUT2D eigenvalue weighted by Crippen LogP contribution is 2.10. The molecule has 4 heteroatoms. The number of β-amino-alcohol motifs (C(OH)–C–C–N with tert-alkyl or cyclic N) is 1. The van der Waals surface area contributed by atoms with E-state index in [1.54, 1.807) is 0 Å². The Morgan fingerprint density at radius 3 is 2.75 bits per heavy atom. The summed E-state index contributed by atoms with van der Waals surface area (Å²) in [6, 6.07) is 0.632. The maximum Gasteiger partial charge on any atom is 0.0900 e. The number of aliphatic hydroxyl groups is 1. The van der Waals surface area contributed by atoms with E-state index in [0.717, 1.165) is 26.2 Å². The third kappa shape index (κ3) is 4.37. The van der Waals surface area contributed by atoms with E-state index in [1.807, 2.05) is 6.92 Å². The second kappa shape index (κ2) is 7.22. The minimum Gasteiger partial charge on any atom is -0.389 e. The Morgan fingerprint density at radius 1 is 1.38 bits per heavy atom. The molecule has 2 unspecified atom stereocenters. The van der Waals surface area contributed by atoms with Gasteiger partial charge in [-0.3, -0.25) is 4.90 Å². The van der Waals surface area contributed by atoms with Crippen molar-refractivity contribution in [3.8, 4) is 0 Å². The highest BCUT2D eigenvalue weighted by atomic mass is 16.5. The molecule has 0 aromatic rings. The Kier molecular flexibility index (Phi) is 6.28. The lowest BCUT2D eigenvalue weighted by Gasteiger charge is -2.39. The first kappa shape index (κ1) is 13.9. The van der Waals surface area contributed by atoms with E-state index in [0.29, 0.717) is 19.3 Å².